The Morgan fingerprint density at radius 3 is 2.21 bits per heavy atom. The molecule has 0 amide bonds. The van der Waals surface area contributed by atoms with Crippen LogP contribution in [0.5, 0.6) is 0 Å². The van der Waals surface area contributed by atoms with Crippen LogP contribution in [-0.4, -0.2) is 33.7 Å². The number of hydrogen-bond donors (Lipinski definition) is 1. The van der Waals surface area contributed by atoms with Crippen molar-refractivity contribution >= 4 is 0 Å². The van der Waals surface area contributed by atoms with Crippen molar-refractivity contribution in [2.75, 3.05) is 6.54 Å². The molecule has 0 aromatic rings. The van der Waals surface area contributed by atoms with Gasteiger partial charge in [0, 0.05) is 18.1 Å². The summed E-state index contributed by atoms with van der Waals surface area (Å²) in [5, 5.41) is 10.2. The molecule has 1 aliphatic rings. The molecule has 14 heavy (non-hydrogen) atoms. The number of likely N-dealkylation sites (tertiary alicyclic amines) is 1. The van der Waals surface area contributed by atoms with Gasteiger partial charge in [0.25, 0.3) is 0 Å². The van der Waals surface area contributed by atoms with Crippen LogP contribution in [-0.2, 0) is 0 Å². The largest absolute Gasteiger partial charge is 0.390 e. The summed E-state index contributed by atoms with van der Waals surface area (Å²) in [4.78, 5) is 2.50. The Morgan fingerprint density at radius 1 is 1.29 bits per heavy atom. The summed E-state index contributed by atoms with van der Waals surface area (Å²) >= 11 is 0. The molecule has 84 valence electrons. The maximum absolute atomic E-state index is 10.2. The summed E-state index contributed by atoms with van der Waals surface area (Å²) in [6, 6.07) is 0.457. The molecular weight excluding hydrogens is 174 g/mol. The van der Waals surface area contributed by atoms with Gasteiger partial charge in [-0.3, -0.25) is 4.90 Å². The van der Waals surface area contributed by atoms with Crippen LogP contribution in [0.15, 0.2) is 0 Å². The predicted octanol–water partition coefficient (Wildman–Crippen LogP) is 2.27. The molecule has 1 saturated heterocycles. The van der Waals surface area contributed by atoms with Crippen molar-refractivity contribution in [3.8, 4) is 0 Å². The highest BCUT2D eigenvalue weighted by Gasteiger charge is 2.42. The van der Waals surface area contributed by atoms with Crippen molar-refractivity contribution in [1.82, 2.24) is 4.90 Å². The van der Waals surface area contributed by atoms with Crippen molar-refractivity contribution in [2.45, 2.75) is 65.1 Å². The Labute approximate surface area is 88.3 Å². The fraction of sp³-hybridized carbons (Fsp3) is 1.00. The van der Waals surface area contributed by atoms with Gasteiger partial charge in [-0.1, -0.05) is 6.92 Å². The minimum absolute atomic E-state index is 0.212. The zero-order valence-electron chi connectivity index (χ0n) is 10.5. The first-order valence-corrected chi connectivity index (χ1v) is 5.65. The first-order chi connectivity index (χ1) is 6.16. The lowest BCUT2D eigenvalue weighted by atomic mass is 9.77. The first kappa shape index (κ1) is 12.0. The zero-order valence-corrected chi connectivity index (χ0v) is 10.5. The molecule has 0 radical (unpaired) electrons. The van der Waals surface area contributed by atoms with Gasteiger partial charge in [0.15, 0.2) is 0 Å². The standard InChI is InChI=1S/C12H25NO/c1-9-10(2)13(11(3,4)5)8-7-12(9,6)14/h9-10,14H,7-8H2,1-6H3. The SMILES string of the molecule is CC1C(C)C(C)(O)CCN1C(C)(C)C. The van der Waals surface area contributed by atoms with Crippen molar-refractivity contribution in [3.63, 3.8) is 0 Å². The number of nitrogens with zero attached hydrogens (tertiary/aromatic N) is 1. The molecule has 2 nitrogen and oxygen atoms in total. The minimum atomic E-state index is -0.485. The highest BCUT2D eigenvalue weighted by atomic mass is 16.3. The smallest absolute Gasteiger partial charge is 0.0672 e. The topological polar surface area (TPSA) is 23.5 Å². The molecule has 0 saturated carbocycles. The van der Waals surface area contributed by atoms with Crippen molar-refractivity contribution in [3.05, 3.63) is 0 Å². The number of hydrogen-bond acceptors (Lipinski definition) is 2. The summed E-state index contributed by atoms with van der Waals surface area (Å²) in [7, 11) is 0. The van der Waals surface area contributed by atoms with E-state index in [2.05, 4.69) is 39.5 Å². The summed E-state index contributed by atoms with van der Waals surface area (Å²) < 4.78 is 0. The molecule has 1 fully saturated rings. The Balaban J connectivity index is 2.80. The van der Waals surface area contributed by atoms with Crippen LogP contribution in [0, 0.1) is 5.92 Å². The van der Waals surface area contributed by atoms with Gasteiger partial charge in [-0.05, 0) is 47.0 Å². The molecule has 3 atom stereocenters. The second kappa shape index (κ2) is 3.49. The summed E-state index contributed by atoms with van der Waals surface area (Å²) in [5.41, 5.74) is -0.272. The molecule has 0 aromatic heterocycles. The molecular formula is C12H25NO. The minimum Gasteiger partial charge on any atom is -0.390 e. The molecule has 0 bridgehead atoms. The van der Waals surface area contributed by atoms with Crippen LogP contribution in [0.1, 0.15) is 48.0 Å². The lowest BCUT2D eigenvalue weighted by molar-refractivity contribution is -0.0994. The van der Waals surface area contributed by atoms with Crippen LogP contribution < -0.4 is 0 Å². The third-order valence-electron chi connectivity index (χ3n) is 3.92. The van der Waals surface area contributed by atoms with E-state index in [4.69, 9.17) is 0 Å². The third kappa shape index (κ3) is 2.12. The predicted molar refractivity (Wildman–Crippen MR) is 60.3 cm³/mol. The third-order valence-corrected chi connectivity index (χ3v) is 3.92. The van der Waals surface area contributed by atoms with Gasteiger partial charge in [-0.25, -0.2) is 0 Å². The van der Waals surface area contributed by atoms with E-state index in [0.717, 1.165) is 13.0 Å². The quantitative estimate of drug-likeness (QED) is 0.647. The van der Waals surface area contributed by atoms with E-state index in [9.17, 15) is 5.11 Å². The van der Waals surface area contributed by atoms with Crippen LogP contribution >= 0.6 is 0 Å². The van der Waals surface area contributed by atoms with Gasteiger partial charge >= 0.3 is 0 Å². The van der Waals surface area contributed by atoms with Gasteiger partial charge in [-0.2, -0.15) is 0 Å². The zero-order chi connectivity index (χ0) is 11.1. The Hall–Kier alpha value is -0.0800. The van der Waals surface area contributed by atoms with Gasteiger partial charge in [-0.15, -0.1) is 0 Å². The molecule has 0 aromatic carbocycles. The van der Waals surface area contributed by atoms with Crippen molar-refractivity contribution in [1.29, 1.82) is 0 Å². The monoisotopic (exact) mass is 199 g/mol. The van der Waals surface area contributed by atoms with Gasteiger partial charge in [0.05, 0.1) is 5.60 Å². The van der Waals surface area contributed by atoms with Crippen LogP contribution in [0.2, 0.25) is 0 Å². The van der Waals surface area contributed by atoms with Gasteiger partial charge < -0.3 is 5.11 Å². The average Bonchev–Trinajstić information content (AvgIpc) is 1.97. The average molecular weight is 199 g/mol. The van der Waals surface area contributed by atoms with Crippen LogP contribution in [0.3, 0.4) is 0 Å². The van der Waals surface area contributed by atoms with E-state index in [0.29, 0.717) is 12.0 Å². The maximum Gasteiger partial charge on any atom is 0.0672 e. The molecule has 1 aliphatic heterocycles. The first-order valence-electron chi connectivity index (χ1n) is 5.65. The molecule has 2 heteroatoms. The lowest BCUT2D eigenvalue weighted by Gasteiger charge is -2.51. The van der Waals surface area contributed by atoms with Gasteiger partial charge in [0.1, 0.15) is 0 Å². The lowest BCUT2D eigenvalue weighted by Crippen LogP contribution is -2.59. The number of rotatable bonds is 0. The molecule has 1 N–H and O–H groups in total. The van der Waals surface area contributed by atoms with Crippen molar-refractivity contribution < 1.29 is 5.11 Å². The Morgan fingerprint density at radius 2 is 1.79 bits per heavy atom. The van der Waals surface area contributed by atoms with Crippen LogP contribution in [0.4, 0.5) is 0 Å². The van der Waals surface area contributed by atoms with E-state index >= 15 is 0 Å². The van der Waals surface area contributed by atoms with Crippen LogP contribution in [0.25, 0.3) is 0 Å². The van der Waals surface area contributed by atoms with E-state index in [1.165, 1.54) is 0 Å². The van der Waals surface area contributed by atoms with E-state index in [1.54, 1.807) is 0 Å². The number of aliphatic hydroxyl groups is 1. The molecule has 3 unspecified atom stereocenters. The second-order valence-corrected chi connectivity index (χ2v) is 6.00. The number of piperidine rings is 1. The fourth-order valence-corrected chi connectivity index (χ4v) is 2.51. The molecule has 1 rings (SSSR count). The molecule has 0 aliphatic carbocycles. The Bertz CT molecular complexity index is 205. The van der Waals surface area contributed by atoms with E-state index in [1.807, 2.05) is 6.92 Å². The van der Waals surface area contributed by atoms with E-state index in [-0.39, 0.29) is 5.54 Å². The van der Waals surface area contributed by atoms with Gasteiger partial charge in [0.2, 0.25) is 0 Å². The normalized spacial score (nSPS) is 41.4. The molecule has 0 spiro atoms. The fourth-order valence-electron chi connectivity index (χ4n) is 2.51. The summed E-state index contributed by atoms with van der Waals surface area (Å²) in [6.45, 7) is 14.1. The second-order valence-electron chi connectivity index (χ2n) is 6.00. The highest BCUT2D eigenvalue weighted by molar-refractivity contribution is 4.96. The summed E-state index contributed by atoms with van der Waals surface area (Å²) in [5.74, 6) is 0.343. The maximum atomic E-state index is 10.2. The van der Waals surface area contributed by atoms with E-state index < -0.39 is 5.60 Å². The molecule has 1 heterocycles. The highest BCUT2D eigenvalue weighted by Crippen LogP contribution is 2.35. The van der Waals surface area contributed by atoms with Crippen molar-refractivity contribution in [2.24, 2.45) is 5.92 Å². The Kier molecular flexibility index (Phi) is 2.99. The summed E-state index contributed by atoms with van der Waals surface area (Å²) in [6.07, 6.45) is 0.885.